The van der Waals surface area contributed by atoms with Crippen LogP contribution in [0.2, 0.25) is 5.02 Å². The number of ketones is 1. The number of allylic oxidation sites excluding steroid dienone is 1. The third kappa shape index (κ3) is 3.70. The van der Waals surface area contributed by atoms with Crippen LogP contribution in [0.5, 0.6) is 0 Å². The van der Waals surface area contributed by atoms with Crippen molar-refractivity contribution in [1.29, 1.82) is 0 Å². The Morgan fingerprint density at radius 2 is 2.33 bits per heavy atom. The first-order valence-corrected chi connectivity index (χ1v) is 6.26. The molecule has 1 aromatic carbocycles. The third-order valence-corrected chi connectivity index (χ3v) is 3.05. The van der Waals surface area contributed by atoms with Crippen LogP contribution >= 0.6 is 11.6 Å². The van der Waals surface area contributed by atoms with Crippen molar-refractivity contribution in [3.63, 3.8) is 0 Å². The van der Waals surface area contributed by atoms with Gasteiger partial charge in [-0.05, 0) is 30.2 Å². The first-order valence-electron chi connectivity index (χ1n) is 5.88. The van der Waals surface area contributed by atoms with Crippen LogP contribution < -0.4 is 5.32 Å². The molecule has 2 rings (SSSR count). The molecule has 1 aliphatic heterocycles. The molecule has 1 atom stereocenters. The van der Waals surface area contributed by atoms with E-state index in [-0.39, 0.29) is 17.7 Å². The first kappa shape index (κ1) is 12.8. The SMILES string of the molecule is O=C(C=C[C@H]1CCC(=O)N1)Cc1cccc(Cl)c1. The lowest BCUT2D eigenvalue weighted by Gasteiger charge is -2.02. The average Bonchev–Trinajstić information content (AvgIpc) is 2.73. The van der Waals surface area contributed by atoms with Crippen molar-refractivity contribution >= 4 is 23.3 Å². The lowest BCUT2D eigenvalue weighted by atomic mass is 10.1. The second-order valence-corrected chi connectivity index (χ2v) is 4.78. The van der Waals surface area contributed by atoms with E-state index in [9.17, 15) is 9.59 Å². The van der Waals surface area contributed by atoms with Crippen LogP contribution in [0.1, 0.15) is 18.4 Å². The zero-order chi connectivity index (χ0) is 13.0. The van der Waals surface area contributed by atoms with Crippen LogP contribution in [0.15, 0.2) is 36.4 Å². The molecule has 1 saturated heterocycles. The maximum atomic E-state index is 11.7. The third-order valence-electron chi connectivity index (χ3n) is 2.81. The number of hydrogen-bond donors (Lipinski definition) is 1. The standard InChI is InChI=1S/C14H14ClNO2/c15-11-3-1-2-10(8-11)9-13(17)6-4-12-5-7-14(18)16-12/h1-4,6,8,12H,5,7,9H2,(H,16,18)/t12-/m0/s1. The fourth-order valence-electron chi connectivity index (χ4n) is 1.91. The van der Waals surface area contributed by atoms with Gasteiger partial charge >= 0.3 is 0 Å². The zero-order valence-electron chi connectivity index (χ0n) is 9.86. The van der Waals surface area contributed by atoms with E-state index >= 15 is 0 Å². The minimum atomic E-state index is 0.000751. The molecule has 0 radical (unpaired) electrons. The molecule has 1 N–H and O–H groups in total. The van der Waals surface area contributed by atoms with Crippen LogP contribution in [0, 0.1) is 0 Å². The fourth-order valence-corrected chi connectivity index (χ4v) is 2.13. The van der Waals surface area contributed by atoms with E-state index in [0.717, 1.165) is 12.0 Å². The van der Waals surface area contributed by atoms with Crippen LogP contribution in [-0.4, -0.2) is 17.7 Å². The Kier molecular flexibility index (Phi) is 4.15. The molecule has 1 aliphatic rings. The van der Waals surface area contributed by atoms with Gasteiger partial charge in [0, 0.05) is 23.9 Å². The summed E-state index contributed by atoms with van der Waals surface area (Å²) in [6, 6.07) is 7.26. The summed E-state index contributed by atoms with van der Waals surface area (Å²) in [5, 5.41) is 3.41. The van der Waals surface area contributed by atoms with Crippen LogP contribution in [0.4, 0.5) is 0 Å². The van der Waals surface area contributed by atoms with Gasteiger partial charge in [-0.3, -0.25) is 9.59 Å². The molecule has 0 unspecified atom stereocenters. The summed E-state index contributed by atoms with van der Waals surface area (Å²) in [5.74, 6) is 0.0605. The van der Waals surface area contributed by atoms with Gasteiger partial charge in [0.1, 0.15) is 0 Å². The molecule has 0 bridgehead atoms. The molecule has 0 aromatic heterocycles. The Bertz CT molecular complexity index is 496. The maximum absolute atomic E-state index is 11.7. The van der Waals surface area contributed by atoms with E-state index in [4.69, 9.17) is 11.6 Å². The molecule has 0 spiro atoms. The van der Waals surface area contributed by atoms with Crippen molar-refractivity contribution in [2.45, 2.75) is 25.3 Å². The van der Waals surface area contributed by atoms with Gasteiger partial charge in [0.05, 0.1) is 0 Å². The second-order valence-electron chi connectivity index (χ2n) is 4.34. The number of amides is 1. The molecule has 1 fully saturated rings. The minimum Gasteiger partial charge on any atom is -0.350 e. The van der Waals surface area contributed by atoms with Crippen molar-refractivity contribution in [3.05, 3.63) is 47.0 Å². The summed E-state index contributed by atoms with van der Waals surface area (Å²) in [6.07, 6.45) is 4.93. The van der Waals surface area contributed by atoms with Crippen molar-refractivity contribution in [1.82, 2.24) is 5.32 Å². The van der Waals surface area contributed by atoms with Crippen LogP contribution in [0.3, 0.4) is 0 Å². The Morgan fingerprint density at radius 1 is 1.50 bits per heavy atom. The maximum Gasteiger partial charge on any atom is 0.220 e. The van der Waals surface area contributed by atoms with Crippen molar-refractivity contribution in [2.24, 2.45) is 0 Å². The van der Waals surface area contributed by atoms with Gasteiger partial charge in [0.25, 0.3) is 0 Å². The predicted molar refractivity (Wildman–Crippen MR) is 70.5 cm³/mol. The monoisotopic (exact) mass is 263 g/mol. The molecule has 1 heterocycles. The molecule has 1 amide bonds. The Balaban J connectivity index is 1.89. The zero-order valence-corrected chi connectivity index (χ0v) is 10.6. The summed E-state index contributed by atoms with van der Waals surface area (Å²) in [7, 11) is 0. The fraction of sp³-hybridized carbons (Fsp3) is 0.286. The topological polar surface area (TPSA) is 46.2 Å². The Labute approximate surface area is 111 Å². The normalized spacial score (nSPS) is 19.2. The van der Waals surface area contributed by atoms with Gasteiger partial charge in [0.2, 0.25) is 5.91 Å². The van der Waals surface area contributed by atoms with Gasteiger partial charge in [-0.2, -0.15) is 0 Å². The first-order chi connectivity index (χ1) is 8.63. The summed E-state index contributed by atoms with van der Waals surface area (Å²) in [5.41, 5.74) is 0.896. The lowest BCUT2D eigenvalue weighted by molar-refractivity contribution is -0.119. The van der Waals surface area contributed by atoms with Gasteiger partial charge in [0.15, 0.2) is 5.78 Å². The molecule has 3 nitrogen and oxygen atoms in total. The predicted octanol–water partition coefficient (Wildman–Crippen LogP) is 2.29. The van der Waals surface area contributed by atoms with E-state index in [1.807, 2.05) is 12.1 Å². The van der Waals surface area contributed by atoms with E-state index in [0.29, 0.717) is 17.9 Å². The van der Waals surface area contributed by atoms with Crippen LogP contribution in [0.25, 0.3) is 0 Å². The highest BCUT2D eigenvalue weighted by Crippen LogP contribution is 2.12. The highest BCUT2D eigenvalue weighted by Gasteiger charge is 2.17. The number of benzene rings is 1. The quantitative estimate of drug-likeness (QED) is 0.847. The molecule has 18 heavy (non-hydrogen) atoms. The largest absolute Gasteiger partial charge is 0.350 e. The smallest absolute Gasteiger partial charge is 0.220 e. The van der Waals surface area contributed by atoms with Crippen LogP contribution in [-0.2, 0) is 16.0 Å². The lowest BCUT2D eigenvalue weighted by Crippen LogP contribution is -2.23. The number of carbonyl (C=O) groups excluding carboxylic acids is 2. The van der Waals surface area contributed by atoms with Crippen molar-refractivity contribution < 1.29 is 9.59 Å². The molecular weight excluding hydrogens is 250 g/mol. The van der Waals surface area contributed by atoms with E-state index in [2.05, 4.69) is 5.32 Å². The van der Waals surface area contributed by atoms with E-state index in [1.54, 1.807) is 18.2 Å². The van der Waals surface area contributed by atoms with Gasteiger partial charge in [-0.1, -0.05) is 29.8 Å². The number of nitrogens with one attached hydrogen (secondary N) is 1. The molecule has 0 aliphatic carbocycles. The second kappa shape index (κ2) is 5.83. The van der Waals surface area contributed by atoms with Gasteiger partial charge < -0.3 is 5.32 Å². The molecule has 1 aromatic rings. The molecule has 94 valence electrons. The van der Waals surface area contributed by atoms with E-state index in [1.165, 1.54) is 6.08 Å². The highest BCUT2D eigenvalue weighted by molar-refractivity contribution is 6.30. The molecule has 4 heteroatoms. The van der Waals surface area contributed by atoms with Gasteiger partial charge in [-0.25, -0.2) is 0 Å². The number of carbonyl (C=O) groups is 2. The van der Waals surface area contributed by atoms with E-state index < -0.39 is 0 Å². The highest BCUT2D eigenvalue weighted by atomic mass is 35.5. The average molecular weight is 264 g/mol. The van der Waals surface area contributed by atoms with Crippen molar-refractivity contribution in [3.8, 4) is 0 Å². The van der Waals surface area contributed by atoms with Gasteiger partial charge in [-0.15, -0.1) is 0 Å². The summed E-state index contributed by atoms with van der Waals surface area (Å²) >= 11 is 5.85. The molecule has 0 saturated carbocycles. The van der Waals surface area contributed by atoms with Crippen molar-refractivity contribution in [2.75, 3.05) is 0 Å². The summed E-state index contributed by atoms with van der Waals surface area (Å²) in [6.45, 7) is 0. The summed E-state index contributed by atoms with van der Waals surface area (Å²) < 4.78 is 0. The minimum absolute atomic E-state index is 0.000751. The summed E-state index contributed by atoms with van der Waals surface area (Å²) in [4.78, 5) is 22.7. The number of hydrogen-bond acceptors (Lipinski definition) is 2. The Hall–Kier alpha value is -1.61. The Morgan fingerprint density at radius 3 is 3.00 bits per heavy atom. The molecular formula is C14H14ClNO2. The number of rotatable bonds is 4. The number of halogens is 1.